The van der Waals surface area contributed by atoms with Gasteiger partial charge in [0, 0.05) is 23.7 Å². The van der Waals surface area contributed by atoms with E-state index in [1.165, 1.54) is 24.2 Å². The van der Waals surface area contributed by atoms with Crippen LogP contribution in [0.2, 0.25) is 0 Å². The van der Waals surface area contributed by atoms with Gasteiger partial charge in [-0.3, -0.25) is 4.79 Å². The number of aliphatic hydroxyl groups excluding tert-OH is 1. The van der Waals surface area contributed by atoms with Gasteiger partial charge in [0.25, 0.3) is 0 Å². The minimum atomic E-state index is -0.511. The second kappa shape index (κ2) is 8.19. The first-order valence-corrected chi connectivity index (χ1v) is 9.02. The van der Waals surface area contributed by atoms with Gasteiger partial charge in [-0.15, -0.1) is 11.3 Å². The predicted octanol–water partition coefficient (Wildman–Crippen LogP) is 1.87. The Morgan fingerprint density at radius 2 is 2.23 bits per heavy atom. The van der Waals surface area contributed by atoms with Gasteiger partial charge < -0.3 is 20.3 Å². The van der Waals surface area contributed by atoms with Crippen molar-refractivity contribution in [2.24, 2.45) is 5.92 Å². The average molecular weight is 344 g/mol. The molecule has 0 bridgehead atoms. The molecule has 1 fully saturated rings. The zero-order valence-corrected chi connectivity index (χ0v) is 14.9. The van der Waals surface area contributed by atoms with Crippen LogP contribution in [0.15, 0.2) is 0 Å². The Morgan fingerprint density at radius 1 is 1.55 bits per heavy atom. The van der Waals surface area contributed by atoms with Gasteiger partial charge >= 0.3 is 0 Å². The molecular weight excluding hydrogens is 318 g/mol. The summed E-state index contributed by atoms with van der Waals surface area (Å²) in [4.78, 5) is 18.2. The van der Waals surface area contributed by atoms with E-state index in [2.05, 4.69) is 22.1 Å². The highest BCUT2D eigenvalue weighted by Gasteiger charge is 2.18. The zero-order valence-electron chi connectivity index (χ0n) is 13.2. The van der Waals surface area contributed by atoms with E-state index < -0.39 is 6.10 Å². The van der Waals surface area contributed by atoms with Crippen LogP contribution < -0.4 is 5.32 Å². The van der Waals surface area contributed by atoms with Crippen molar-refractivity contribution in [3.05, 3.63) is 14.5 Å². The second-order valence-corrected chi connectivity index (χ2v) is 7.95. The number of carbonyl (C=O) groups is 1. The maximum Gasteiger partial charge on any atom is 0.225 e. The Morgan fingerprint density at radius 3 is 2.82 bits per heavy atom. The SMILES string of the molecule is Cc1[nH]c(=S)sc1CC(=O)NCC(O)CN1CCC(C)CC1. The first kappa shape index (κ1) is 17.6. The Bertz CT molecular complexity index is 547. The van der Waals surface area contributed by atoms with Crippen molar-refractivity contribution in [2.75, 3.05) is 26.2 Å². The molecule has 0 aromatic carbocycles. The van der Waals surface area contributed by atoms with Gasteiger partial charge in [-0.25, -0.2) is 0 Å². The number of aromatic amines is 1. The predicted molar refractivity (Wildman–Crippen MR) is 91.8 cm³/mol. The lowest BCUT2D eigenvalue weighted by Crippen LogP contribution is -2.43. The molecule has 1 aromatic heterocycles. The van der Waals surface area contributed by atoms with Crippen molar-refractivity contribution in [1.82, 2.24) is 15.2 Å². The summed E-state index contributed by atoms with van der Waals surface area (Å²) < 4.78 is 0.694. The topological polar surface area (TPSA) is 68.4 Å². The minimum absolute atomic E-state index is 0.0698. The van der Waals surface area contributed by atoms with Crippen LogP contribution in [0, 0.1) is 16.8 Å². The summed E-state index contributed by atoms with van der Waals surface area (Å²) in [5.74, 6) is 0.716. The van der Waals surface area contributed by atoms with Crippen molar-refractivity contribution in [3.63, 3.8) is 0 Å². The van der Waals surface area contributed by atoms with Crippen molar-refractivity contribution in [2.45, 2.75) is 39.2 Å². The Hall–Kier alpha value is -0.760. The average Bonchev–Trinajstić information content (AvgIpc) is 2.77. The van der Waals surface area contributed by atoms with Crippen LogP contribution in [0.1, 0.15) is 30.3 Å². The summed E-state index contributed by atoms with van der Waals surface area (Å²) in [7, 11) is 0. The number of aliphatic hydroxyl groups is 1. The van der Waals surface area contributed by atoms with Gasteiger partial charge in [-0.1, -0.05) is 6.92 Å². The van der Waals surface area contributed by atoms with Crippen LogP contribution in [0.3, 0.4) is 0 Å². The molecule has 124 valence electrons. The molecule has 0 aliphatic carbocycles. The Kier molecular flexibility index (Phi) is 6.55. The summed E-state index contributed by atoms with van der Waals surface area (Å²) in [5, 5.41) is 12.9. The number of aryl methyl sites for hydroxylation is 1. The van der Waals surface area contributed by atoms with Crippen molar-refractivity contribution < 1.29 is 9.90 Å². The van der Waals surface area contributed by atoms with Crippen LogP contribution >= 0.6 is 23.6 Å². The number of hydrogen-bond donors (Lipinski definition) is 3. The number of H-pyrrole nitrogens is 1. The fourth-order valence-electron chi connectivity index (χ4n) is 2.65. The summed E-state index contributed by atoms with van der Waals surface area (Å²) in [6, 6.07) is 0. The first-order valence-electron chi connectivity index (χ1n) is 7.79. The normalized spacial score (nSPS) is 18.3. The molecule has 1 saturated heterocycles. The lowest BCUT2D eigenvalue weighted by atomic mass is 9.99. The zero-order chi connectivity index (χ0) is 16.1. The number of amides is 1. The first-order chi connectivity index (χ1) is 10.4. The maximum atomic E-state index is 11.9. The largest absolute Gasteiger partial charge is 0.390 e. The number of rotatable bonds is 6. The molecule has 3 N–H and O–H groups in total. The van der Waals surface area contributed by atoms with Crippen molar-refractivity contribution in [3.8, 4) is 0 Å². The third kappa shape index (κ3) is 5.46. The molecule has 1 aliphatic heterocycles. The third-order valence-corrected chi connectivity index (χ3v) is 5.46. The molecule has 0 saturated carbocycles. The van der Waals surface area contributed by atoms with Gasteiger partial charge in [-0.2, -0.15) is 0 Å². The number of aromatic nitrogens is 1. The summed E-state index contributed by atoms with van der Waals surface area (Å²) >= 11 is 6.50. The van der Waals surface area contributed by atoms with Gasteiger partial charge in [0.05, 0.1) is 12.5 Å². The van der Waals surface area contributed by atoms with Gasteiger partial charge in [0.2, 0.25) is 5.91 Å². The molecule has 7 heteroatoms. The third-order valence-electron chi connectivity index (χ3n) is 4.12. The molecule has 1 aliphatic rings. The maximum absolute atomic E-state index is 11.9. The quantitative estimate of drug-likeness (QED) is 0.690. The van der Waals surface area contributed by atoms with Gasteiger partial charge in [0.1, 0.15) is 0 Å². The molecule has 2 rings (SSSR count). The fourth-order valence-corrected chi connectivity index (χ4v) is 3.94. The van der Waals surface area contributed by atoms with Crippen molar-refractivity contribution in [1.29, 1.82) is 0 Å². The highest BCUT2D eigenvalue weighted by molar-refractivity contribution is 7.73. The number of piperidine rings is 1. The van der Waals surface area contributed by atoms with E-state index in [1.807, 2.05) is 6.92 Å². The van der Waals surface area contributed by atoms with E-state index in [9.17, 15) is 9.90 Å². The number of hydrogen-bond acceptors (Lipinski definition) is 5. The van der Waals surface area contributed by atoms with Crippen molar-refractivity contribution >= 4 is 29.5 Å². The van der Waals surface area contributed by atoms with E-state index in [1.54, 1.807) is 0 Å². The molecule has 0 spiro atoms. The molecule has 1 atom stereocenters. The highest BCUT2D eigenvalue weighted by Crippen LogP contribution is 2.16. The standard InChI is InChI=1S/C15H25N3O2S2/c1-10-3-5-18(6-4-10)9-12(19)8-16-14(20)7-13-11(2)17-15(21)22-13/h10,12,19H,3-9H2,1-2H3,(H,16,20)(H,17,21). The fraction of sp³-hybridized carbons (Fsp3) is 0.733. The molecule has 22 heavy (non-hydrogen) atoms. The van der Waals surface area contributed by atoms with E-state index >= 15 is 0 Å². The highest BCUT2D eigenvalue weighted by atomic mass is 32.1. The summed E-state index contributed by atoms with van der Waals surface area (Å²) in [6.45, 7) is 7.21. The number of β-amino-alcohol motifs (C(OH)–C–C–N with tert-alkyl or cyclic N) is 1. The number of nitrogens with one attached hydrogen (secondary N) is 2. The molecule has 1 aromatic rings. The lowest BCUT2D eigenvalue weighted by molar-refractivity contribution is -0.120. The monoisotopic (exact) mass is 343 g/mol. The Labute approximate surface area is 140 Å². The van der Waals surface area contributed by atoms with Gasteiger partial charge in [0.15, 0.2) is 3.95 Å². The second-order valence-electron chi connectivity index (χ2n) is 6.18. The minimum Gasteiger partial charge on any atom is -0.390 e. The smallest absolute Gasteiger partial charge is 0.225 e. The van der Waals surface area contributed by atoms with Crippen LogP contribution in [0.25, 0.3) is 0 Å². The molecular formula is C15H25N3O2S2. The molecule has 1 unspecified atom stereocenters. The van der Waals surface area contributed by atoms with Crippen LogP contribution in [-0.4, -0.2) is 53.2 Å². The Balaban J connectivity index is 1.69. The van der Waals surface area contributed by atoms with Crippen LogP contribution in [0.5, 0.6) is 0 Å². The number of thiazole rings is 1. The molecule has 0 radical (unpaired) electrons. The van der Waals surface area contributed by atoms with Crippen LogP contribution in [-0.2, 0) is 11.2 Å². The van der Waals surface area contributed by atoms with E-state index in [4.69, 9.17) is 12.2 Å². The summed E-state index contributed by atoms with van der Waals surface area (Å²) in [6.07, 6.45) is 2.19. The molecule has 5 nitrogen and oxygen atoms in total. The number of carbonyl (C=O) groups excluding carboxylic acids is 1. The number of nitrogens with zero attached hydrogens (tertiary/aromatic N) is 1. The van der Waals surface area contributed by atoms with Crippen LogP contribution in [0.4, 0.5) is 0 Å². The molecule has 1 amide bonds. The van der Waals surface area contributed by atoms with Gasteiger partial charge in [-0.05, 0) is 51.0 Å². The molecule has 2 heterocycles. The number of likely N-dealkylation sites (tertiary alicyclic amines) is 1. The van der Waals surface area contributed by atoms with E-state index in [-0.39, 0.29) is 5.91 Å². The van der Waals surface area contributed by atoms with E-state index in [0.29, 0.717) is 23.5 Å². The summed E-state index contributed by atoms with van der Waals surface area (Å²) in [5.41, 5.74) is 0.952. The van der Waals surface area contributed by atoms with E-state index in [0.717, 1.165) is 29.6 Å². The lowest BCUT2D eigenvalue weighted by Gasteiger charge is -2.31.